The molecule has 0 bridgehead atoms. The minimum Gasteiger partial charge on any atom is -0.465 e. The van der Waals surface area contributed by atoms with Crippen LogP contribution in [0.3, 0.4) is 0 Å². The van der Waals surface area contributed by atoms with Crippen molar-refractivity contribution >= 4 is 6.09 Å². The summed E-state index contributed by atoms with van der Waals surface area (Å²) in [6, 6.07) is 17.0. The van der Waals surface area contributed by atoms with Gasteiger partial charge in [0.2, 0.25) is 0 Å². The summed E-state index contributed by atoms with van der Waals surface area (Å²) in [5, 5.41) is 18.0. The van der Waals surface area contributed by atoms with Gasteiger partial charge in [-0.2, -0.15) is 5.26 Å². The normalized spacial score (nSPS) is 14.8. The van der Waals surface area contributed by atoms with E-state index < -0.39 is 6.09 Å². The molecule has 1 N–H and O–H groups in total. The molecule has 2 aromatic carbocycles. The molecular weight excluding hydrogens is 318 g/mol. The third-order valence-electron chi connectivity index (χ3n) is 4.15. The fraction of sp³-hybridized carbons (Fsp3) is 0.263. The Morgan fingerprint density at radius 1 is 1.08 bits per heavy atom. The van der Waals surface area contributed by atoms with Crippen LogP contribution in [0.25, 0.3) is 0 Å². The van der Waals surface area contributed by atoms with E-state index in [1.807, 2.05) is 30.3 Å². The summed E-state index contributed by atoms with van der Waals surface area (Å²) in [4.78, 5) is 14.6. The van der Waals surface area contributed by atoms with E-state index in [4.69, 9.17) is 15.1 Å². The zero-order valence-electron chi connectivity index (χ0n) is 13.8. The molecule has 0 spiro atoms. The molecule has 6 nitrogen and oxygen atoms in total. The van der Waals surface area contributed by atoms with Gasteiger partial charge in [0.15, 0.2) is 0 Å². The van der Waals surface area contributed by atoms with Crippen LogP contribution in [-0.4, -0.2) is 47.2 Å². The lowest BCUT2D eigenvalue weighted by molar-refractivity contribution is 0.103. The summed E-state index contributed by atoms with van der Waals surface area (Å²) in [7, 11) is 0. The molecule has 0 atom stereocenters. The van der Waals surface area contributed by atoms with Crippen molar-refractivity contribution in [1.82, 2.24) is 9.80 Å². The molecule has 3 rings (SSSR count). The molecule has 6 heteroatoms. The number of carboxylic acid groups (broad SMARTS) is 1. The molecule has 0 aromatic heterocycles. The van der Waals surface area contributed by atoms with Crippen molar-refractivity contribution in [1.29, 1.82) is 5.26 Å². The van der Waals surface area contributed by atoms with Crippen LogP contribution < -0.4 is 4.74 Å². The Morgan fingerprint density at radius 2 is 1.76 bits per heavy atom. The maximum absolute atomic E-state index is 11.0. The number of hydrogen-bond acceptors (Lipinski definition) is 4. The number of nitriles is 1. The zero-order chi connectivity index (χ0) is 17.6. The molecule has 1 heterocycles. The lowest BCUT2D eigenvalue weighted by atomic mass is 10.2. The second-order valence-electron chi connectivity index (χ2n) is 5.93. The number of ether oxygens (including phenoxy) is 1. The van der Waals surface area contributed by atoms with Crippen molar-refractivity contribution < 1.29 is 14.6 Å². The molecular formula is C19H19N3O3. The molecule has 1 aliphatic rings. The molecule has 25 heavy (non-hydrogen) atoms. The Labute approximate surface area is 146 Å². The van der Waals surface area contributed by atoms with Gasteiger partial charge >= 0.3 is 6.09 Å². The van der Waals surface area contributed by atoms with Crippen LogP contribution in [0.15, 0.2) is 48.5 Å². The number of piperazine rings is 1. The van der Waals surface area contributed by atoms with Crippen LogP contribution >= 0.6 is 0 Å². The van der Waals surface area contributed by atoms with Crippen molar-refractivity contribution in [2.75, 3.05) is 26.2 Å². The Morgan fingerprint density at radius 3 is 2.44 bits per heavy atom. The van der Waals surface area contributed by atoms with Crippen LogP contribution in [0.5, 0.6) is 11.5 Å². The van der Waals surface area contributed by atoms with E-state index in [0.717, 1.165) is 30.9 Å². The van der Waals surface area contributed by atoms with E-state index in [0.29, 0.717) is 24.4 Å². The first kappa shape index (κ1) is 16.8. The molecule has 0 saturated carbocycles. The number of carbonyl (C=O) groups is 1. The molecule has 1 aliphatic heterocycles. The summed E-state index contributed by atoms with van der Waals surface area (Å²) in [5.41, 5.74) is 1.67. The van der Waals surface area contributed by atoms with Gasteiger partial charge in [-0.25, -0.2) is 4.79 Å². The molecule has 0 aliphatic carbocycles. The first-order chi connectivity index (χ1) is 12.1. The third-order valence-corrected chi connectivity index (χ3v) is 4.15. The summed E-state index contributed by atoms with van der Waals surface area (Å²) < 4.78 is 5.84. The minimum atomic E-state index is -0.852. The van der Waals surface area contributed by atoms with Crippen LogP contribution in [0.2, 0.25) is 0 Å². The minimum absolute atomic E-state index is 0.534. The highest BCUT2D eigenvalue weighted by molar-refractivity contribution is 5.65. The van der Waals surface area contributed by atoms with Crippen molar-refractivity contribution in [2.45, 2.75) is 6.54 Å². The lowest BCUT2D eigenvalue weighted by Crippen LogP contribution is -2.47. The molecule has 1 saturated heterocycles. The van der Waals surface area contributed by atoms with Crippen molar-refractivity contribution in [3.05, 3.63) is 59.7 Å². The Hall–Kier alpha value is -3.04. The van der Waals surface area contributed by atoms with Gasteiger partial charge in [-0.1, -0.05) is 18.2 Å². The molecule has 1 amide bonds. The first-order valence-corrected chi connectivity index (χ1v) is 8.11. The van der Waals surface area contributed by atoms with E-state index >= 15 is 0 Å². The van der Waals surface area contributed by atoms with E-state index in [2.05, 4.69) is 11.0 Å². The fourth-order valence-corrected chi connectivity index (χ4v) is 2.83. The molecule has 1 fully saturated rings. The van der Waals surface area contributed by atoms with Crippen molar-refractivity contribution in [2.24, 2.45) is 0 Å². The maximum Gasteiger partial charge on any atom is 0.407 e. The van der Waals surface area contributed by atoms with Gasteiger partial charge in [0.1, 0.15) is 11.5 Å². The number of benzene rings is 2. The first-order valence-electron chi connectivity index (χ1n) is 8.11. The van der Waals surface area contributed by atoms with Gasteiger partial charge in [0.05, 0.1) is 11.6 Å². The highest BCUT2D eigenvalue weighted by Crippen LogP contribution is 2.23. The van der Waals surface area contributed by atoms with Crippen molar-refractivity contribution in [3.63, 3.8) is 0 Å². The van der Waals surface area contributed by atoms with Crippen LogP contribution in [0, 0.1) is 11.3 Å². The van der Waals surface area contributed by atoms with Gasteiger partial charge < -0.3 is 14.7 Å². The van der Waals surface area contributed by atoms with Gasteiger partial charge in [0.25, 0.3) is 0 Å². The predicted molar refractivity (Wildman–Crippen MR) is 92.5 cm³/mol. The van der Waals surface area contributed by atoms with Gasteiger partial charge in [-0.15, -0.1) is 0 Å². The van der Waals surface area contributed by atoms with E-state index in [1.54, 1.807) is 18.2 Å². The summed E-state index contributed by atoms with van der Waals surface area (Å²) in [6.07, 6.45) is -0.852. The van der Waals surface area contributed by atoms with Crippen molar-refractivity contribution in [3.8, 4) is 17.6 Å². The molecule has 0 unspecified atom stereocenters. The second kappa shape index (κ2) is 7.69. The highest BCUT2D eigenvalue weighted by atomic mass is 16.5. The summed E-state index contributed by atoms with van der Waals surface area (Å²) >= 11 is 0. The second-order valence-corrected chi connectivity index (χ2v) is 5.93. The number of rotatable bonds is 4. The van der Waals surface area contributed by atoms with Crippen LogP contribution in [0.4, 0.5) is 4.79 Å². The number of amides is 1. The Kier molecular flexibility index (Phi) is 5.17. The molecule has 128 valence electrons. The fourth-order valence-electron chi connectivity index (χ4n) is 2.83. The topological polar surface area (TPSA) is 76.8 Å². The van der Waals surface area contributed by atoms with E-state index in [1.165, 1.54) is 4.90 Å². The quantitative estimate of drug-likeness (QED) is 0.927. The smallest absolute Gasteiger partial charge is 0.407 e. The monoisotopic (exact) mass is 337 g/mol. The van der Waals surface area contributed by atoms with Crippen LogP contribution in [-0.2, 0) is 6.54 Å². The van der Waals surface area contributed by atoms with Gasteiger partial charge in [-0.3, -0.25) is 4.90 Å². The van der Waals surface area contributed by atoms with Gasteiger partial charge in [0, 0.05) is 32.7 Å². The van der Waals surface area contributed by atoms with Crippen LogP contribution in [0.1, 0.15) is 11.1 Å². The summed E-state index contributed by atoms with van der Waals surface area (Å²) in [5.74, 6) is 1.35. The predicted octanol–water partition coefficient (Wildman–Crippen LogP) is 3.15. The zero-order valence-corrected chi connectivity index (χ0v) is 13.8. The SMILES string of the molecule is N#Cc1cccc(Oc2cccc(CN3CCN(C(=O)O)CC3)c2)c1. The molecule has 0 radical (unpaired) electrons. The van der Waals surface area contributed by atoms with E-state index in [9.17, 15) is 4.79 Å². The highest BCUT2D eigenvalue weighted by Gasteiger charge is 2.20. The number of hydrogen-bond donors (Lipinski definition) is 1. The van der Waals surface area contributed by atoms with Gasteiger partial charge in [-0.05, 0) is 35.9 Å². The average molecular weight is 337 g/mol. The Balaban J connectivity index is 1.62. The number of nitrogens with zero attached hydrogens (tertiary/aromatic N) is 3. The average Bonchev–Trinajstić information content (AvgIpc) is 2.62. The van der Waals surface area contributed by atoms with E-state index in [-0.39, 0.29) is 0 Å². The standard InChI is InChI=1S/C19H19N3O3/c20-13-15-3-1-5-17(11-15)25-18-6-2-4-16(12-18)14-21-7-9-22(10-8-21)19(23)24/h1-6,11-12H,7-10,14H2,(H,23,24). The maximum atomic E-state index is 11.0. The Bertz CT molecular complexity index is 792. The largest absolute Gasteiger partial charge is 0.465 e. The third kappa shape index (κ3) is 4.49. The molecule has 2 aromatic rings. The summed E-state index contributed by atoms with van der Waals surface area (Å²) in [6.45, 7) is 3.27. The lowest BCUT2D eigenvalue weighted by Gasteiger charge is -2.33.